The Morgan fingerprint density at radius 1 is 1.18 bits per heavy atom. The van der Waals surface area contributed by atoms with Gasteiger partial charge >= 0.3 is 0 Å². The van der Waals surface area contributed by atoms with E-state index in [0.29, 0.717) is 12.0 Å². The Bertz CT molecular complexity index is 680. The lowest BCUT2D eigenvalue weighted by atomic mass is 9.78. The highest BCUT2D eigenvalue weighted by Crippen LogP contribution is 2.36. The van der Waals surface area contributed by atoms with Crippen LogP contribution in [-0.2, 0) is 13.0 Å². The minimum atomic E-state index is -0.148. The first kappa shape index (κ1) is 14.3. The molecule has 2 bridgehead atoms. The van der Waals surface area contributed by atoms with Crippen LogP contribution < -0.4 is 0 Å². The fraction of sp³-hybridized carbons (Fsp3) is 0.579. The molecule has 4 heterocycles. The van der Waals surface area contributed by atoms with E-state index in [-0.39, 0.29) is 6.10 Å². The molecule has 0 saturated carbocycles. The molecule has 0 amide bonds. The van der Waals surface area contributed by atoms with Crippen LogP contribution in [-0.4, -0.2) is 39.8 Å². The van der Waals surface area contributed by atoms with Crippen molar-refractivity contribution in [2.75, 3.05) is 13.1 Å². The van der Waals surface area contributed by atoms with Gasteiger partial charge in [0.2, 0.25) is 0 Å². The van der Waals surface area contributed by atoms with Crippen LogP contribution in [0.1, 0.15) is 31.0 Å². The van der Waals surface area contributed by atoms with Crippen LogP contribution in [0.3, 0.4) is 0 Å². The van der Waals surface area contributed by atoms with Crippen molar-refractivity contribution in [2.24, 2.45) is 5.92 Å². The second kappa shape index (κ2) is 5.39. The van der Waals surface area contributed by atoms with Gasteiger partial charge in [-0.2, -0.15) is 0 Å². The van der Waals surface area contributed by atoms with Crippen LogP contribution in [0.4, 0.5) is 0 Å². The Morgan fingerprint density at radius 2 is 1.91 bits per heavy atom. The SMILES string of the molecule is CCn1c(C)c(CC2C(O)C3CCN2CC3)c2ccccc21. The van der Waals surface area contributed by atoms with Crippen molar-refractivity contribution in [3.8, 4) is 0 Å². The summed E-state index contributed by atoms with van der Waals surface area (Å²) in [6, 6.07) is 9.03. The number of rotatable bonds is 3. The summed E-state index contributed by atoms with van der Waals surface area (Å²) < 4.78 is 2.41. The Balaban J connectivity index is 1.74. The topological polar surface area (TPSA) is 28.4 Å². The van der Waals surface area contributed by atoms with Crippen LogP contribution in [0.2, 0.25) is 0 Å². The average Bonchev–Trinajstić information content (AvgIpc) is 2.83. The summed E-state index contributed by atoms with van der Waals surface area (Å²) in [6.07, 6.45) is 3.18. The number of para-hydroxylation sites is 1. The van der Waals surface area contributed by atoms with Crippen LogP contribution >= 0.6 is 0 Å². The number of benzene rings is 1. The van der Waals surface area contributed by atoms with Gasteiger partial charge in [-0.15, -0.1) is 0 Å². The van der Waals surface area contributed by atoms with Crippen molar-refractivity contribution < 1.29 is 5.11 Å². The first-order valence-corrected chi connectivity index (χ1v) is 8.69. The molecule has 1 aromatic carbocycles. The lowest BCUT2D eigenvalue weighted by Gasteiger charge is -2.49. The molecule has 5 rings (SSSR count). The molecule has 3 nitrogen and oxygen atoms in total. The van der Waals surface area contributed by atoms with Gasteiger partial charge in [0.1, 0.15) is 0 Å². The number of aryl methyl sites for hydroxylation is 1. The lowest BCUT2D eigenvalue weighted by molar-refractivity contribution is -0.0714. The zero-order chi connectivity index (χ0) is 15.3. The van der Waals surface area contributed by atoms with E-state index in [9.17, 15) is 5.11 Å². The zero-order valence-corrected chi connectivity index (χ0v) is 13.6. The summed E-state index contributed by atoms with van der Waals surface area (Å²) in [7, 11) is 0. The molecular weight excluding hydrogens is 272 g/mol. The van der Waals surface area contributed by atoms with E-state index in [4.69, 9.17) is 0 Å². The summed E-state index contributed by atoms with van der Waals surface area (Å²) in [5.74, 6) is 0.523. The number of aliphatic hydroxyl groups excluding tert-OH is 1. The summed E-state index contributed by atoms with van der Waals surface area (Å²) >= 11 is 0. The maximum Gasteiger partial charge on any atom is 0.0727 e. The Morgan fingerprint density at radius 3 is 2.59 bits per heavy atom. The smallest absolute Gasteiger partial charge is 0.0727 e. The molecule has 1 N–H and O–H groups in total. The second-order valence-electron chi connectivity index (χ2n) is 6.96. The molecule has 0 radical (unpaired) electrons. The maximum atomic E-state index is 10.7. The van der Waals surface area contributed by atoms with Crippen LogP contribution in [0, 0.1) is 12.8 Å². The average molecular weight is 298 g/mol. The minimum absolute atomic E-state index is 0.148. The van der Waals surface area contributed by atoms with Gasteiger partial charge in [0, 0.05) is 29.2 Å². The highest BCUT2D eigenvalue weighted by molar-refractivity contribution is 5.85. The molecule has 2 aromatic rings. The molecule has 2 unspecified atom stereocenters. The number of nitrogens with zero attached hydrogens (tertiary/aromatic N) is 2. The van der Waals surface area contributed by atoms with Gasteiger partial charge in [-0.25, -0.2) is 0 Å². The molecule has 1 aromatic heterocycles. The van der Waals surface area contributed by atoms with E-state index in [0.717, 1.165) is 26.1 Å². The van der Waals surface area contributed by atoms with Gasteiger partial charge in [-0.1, -0.05) is 18.2 Å². The molecule has 22 heavy (non-hydrogen) atoms. The standard InChI is InChI=1S/C19H26N2O/c1-3-21-13(2)16(15-6-4-5-7-17(15)21)12-18-19(22)14-8-10-20(18)11-9-14/h4-7,14,18-19,22H,3,8-12H2,1-2H3. The van der Waals surface area contributed by atoms with Crippen molar-refractivity contribution in [2.45, 2.75) is 51.8 Å². The molecule has 3 heteroatoms. The van der Waals surface area contributed by atoms with E-state index in [1.807, 2.05) is 0 Å². The fourth-order valence-electron chi connectivity index (χ4n) is 4.75. The predicted octanol–water partition coefficient (Wildman–Crippen LogP) is 2.97. The summed E-state index contributed by atoms with van der Waals surface area (Å²) in [4.78, 5) is 2.52. The fourth-order valence-corrected chi connectivity index (χ4v) is 4.75. The normalized spacial score (nSPS) is 31.0. The molecule has 3 fully saturated rings. The van der Waals surface area contributed by atoms with Gasteiger partial charge in [0.15, 0.2) is 0 Å². The first-order valence-electron chi connectivity index (χ1n) is 8.69. The molecule has 3 aliphatic rings. The highest BCUT2D eigenvalue weighted by Gasteiger charge is 2.41. The van der Waals surface area contributed by atoms with Crippen molar-refractivity contribution in [1.82, 2.24) is 9.47 Å². The Labute approximate surface area is 132 Å². The third kappa shape index (κ3) is 2.03. The number of fused-ring (bicyclic) bond motifs is 4. The monoisotopic (exact) mass is 298 g/mol. The summed E-state index contributed by atoms with van der Waals surface area (Å²) in [5, 5.41) is 12.1. The molecular formula is C19H26N2O. The Hall–Kier alpha value is -1.32. The Kier molecular flexibility index (Phi) is 3.50. The van der Waals surface area contributed by atoms with Gasteiger partial charge in [0.25, 0.3) is 0 Å². The predicted molar refractivity (Wildman–Crippen MR) is 90.1 cm³/mol. The molecule has 0 spiro atoms. The number of aliphatic hydroxyl groups is 1. The largest absolute Gasteiger partial charge is 0.391 e. The van der Waals surface area contributed by atoms with Crippen LogP contribution in [0.5, 0.6) is 0 Å². The highest BCUT2D eigenvalue weighted by atomic mass is 16.3. The zero-order valence-electron chi connectivity index (χ0n) is 13.6. The quantitative estimate of drug-likeness (QED) is 0.943. The van der Waals surface area contributed by atoms with E-state index >= 15 is 0 Å². The van der Waals surface area contributed by atoms with Gasteiger partial charge in [0.05, 0.1) is 6.10 Å². The summed E-state index contributed by atoms with van der Waals surface area (Å²) in [5.41, 5.74) is 4.15. The number of piperidine rings is 3. The van der Waals surface area contributed by atoms with E-state index in [2.05, 4.69) is 47.6 Å². The second-order valence-corrected chi connectivity index (χ2v) is 6.96. The third-order valence-corrected chi connectivity index (χ3v) is 6.01. The van der Waals surface area contributed by atoms with E-state index < -0.39 is 0 Å². The van der Waals surface area contributed by atoms with Crippen LogP contribution in [0.25, 0.3) is 10.9 Å². The van der Waals surface area contributed by atoms with Crippen molar-refractivity contribution in [3.05, 3.63) is 35.5 Å². The molecule has 0 aliphatic carbocycles. The number of hydrogen-bond donors (Lipinski definition) is 1. The van der Waals surface area contributed by atoms with E-state index in [1.54, 1.807) is 0 Å². The molecule has 3 saturated heterocycles. The van der Waals surface area contributed by atoms with Crippen molar-refractivity contribution in [1.29, 1.82) is 0 Å². The van der Waals surface area contributed by atoms with Crippen molar-refractivity contribution >= 4 is 10.9 Å². The number of hydrogen-bond acceptors (Lipinski definition) is 2. The minimum Gasteiger partial charge on any atom is -0.391 e. The van der Waals surface area contributed by atoms with Gasteiger partial charge in [-0.3, -0.25) is 4.90 Å². The third-order valence-electron chi connectivity index (χ3n) is 6.01. The van der Waals surface area contributed by atoms with Gasteiger partial charge in [-0.05, 0) is 63.7 Å². The number of aromatic nitrogens is 1. The molecule has 118 valence electrons. The summed E-state index contributed by atoms with van der Waals surface area (Å²) in [6.45, 7) is 7.79. The first-order chi connectivity index (χ1) is 10.7. The van der Waals surface area contributed by atoms with Crippen molar-refractivity contribution in [3.63, 3.8) is 0 Å². The maximum absolute atomic E-state index is 10.7. The molecule has 2 atom stereocenters. The van der Waals surface area contributed by atoms with Gasteiger partial charge < -0.3 is 9.67 Å². The van der Waals surface area contributed by atoms with Crippen LogP contribution in [0.15, 0.2) is 24.3 Å². The lowest BCUT2D eigenvalue weighted by Crippen LogP contribution is -2.58. The van der Waals surface area contributed by atoms with E-state index in [1.165, 1.54) is 35.0 Å². The molecule has 3 aliphatic heterocycles.